The standard InChI is InChI=1S/C25H23NO4/c1-26(16-19-10-6-7-11-22(19)29-2)24(27)18-12-13-21-20(14-18)15-23(30-25(21)28)17-8-4-3-5-9-17/h3-14,23H,15-16H2,1-2H3/t23-/m1/s1. The van der Waals surface area contributed by atoms with E-state index >= 15 is 0 Å². The van der Waals surface area contributed by atoms with Gasteiger partial charge < -0.3 is 14.4 Å². The van der Waals surface area contributed by atoms with Crippen LogP contribution in [0.15, 0.2) is 72.8 Å². The molecule has 5 heteroatoms. The molecule has 0 fully saturated rings. The Morgan fingerprint density at radius 3 is 2.57 bits per heavy atom. The maximum absolute atomic E-state index is 13.0. The van der Waals surface area contributed by atoms with Gasteiger partial charge in [-0.1, -0.05) is 48.5 Å². The molecule has 3 aromatic rings. The summed E-state index contributed by atoms with van der Waals surface area (Å²) in [6.45, 7) is 0.425. The van der Waals surface area contributed by atoms with E-state index in [0.717, 1.165) is 22.4 Å². The summed E-state index contributed by atoms with van der Waals surface area (Å²) in [5.41, 5.74) is 3.78. The van der Waals surface area contributed by atoms with Crippen molar-refractivity contribution in [2.75, 3.05) is 14.2 Å². The number of carbonyl (C=O) groups is 2. The maximum atomic E-state index is 13.0. The molecule has 3 aromatic carbocycles. The highest BCUT2D eigenvalue weighted by atomic mass is 16.5. The predicted octanol–water partition coefficient (Wildman–Crippen LogP) is 4.42. The minimum Gasteiger partial charge on any atom is -0.496 e. The number of methoxy groups -OCH3 is 1. The van der Waals surface area contributed by atoms with Crippen LogP contribution in [-0.4, -0.2) is 30.9 Å². The smallest absolute Gasteiger partial charge is 0.339 e. The number of fused-ring (bicyclic) bond motifs is 1. The number of amides is 1. The number of esters is 1. The first-order valence-electron chi connectivity index (χ1n) is 9.83. The van der Waals surface area contributed by atoms with Crippen LogP contribution in [0.25, 0.3) is 0 Å². The second-order valence-electron chi connectivity index (χ2n) is 7.35. The Kier molecular flexibility index (Phi) is 5.53. The number of rotatable bonds is 5. The van der Waals surface area contributed by atoms with Crippen LogP contribution in [0.1, 0.15) is 43.5 Å². The second kappa shape index (κ2) is 8.41. The van der Waals surface area contributed by atoms with E-state index in [1.54, 1.807) is 31.2 Å². The summed E-state index contributed by atoms with van der Waals surface area (Å²) in [5.74, 6) is 0.279. The summed E-state index contributed by atoms with van der Waals surface area (Å²) in [7, 11) is 3.38. The molecule has 0 N–H and O–H groups in total. The molecule has 0 bridgehead atoms. The van der Waals surface area contributed by atoms with Crippen molar-refractivity contribution in [3.63, 3.8) is 0 Å². The van der Waals surface area contributed by atoms with Gasteiger partial charge in [-0.15, -0.1) is 0 Å². The Balaban J connectivity index is 1.56. The normalized spacial score (nSPS) is 15.1. The van der Waals surface area contributed by atoms with E-state index in [2.05, 4.69) is 0 Å². The number of cyclic esters (lactones) is 1. The average Bonchev–Trinajstić information content (AvgIpc) is 2.79. The molecule has 1 amide bonds. The van der Waals surface area contributed by atoms with E-state index in [9.17, 15) is 9.59 Å². The summed E-state index contributed by atoms with van der Waals surface area (Å²) >= 11 is 0. The molecule has 0 unspecified atom stereocenters. The van der Waals surface area contributed by atoms with Crippen molar-refractivity contribution in [2.24, 2.45) is 0 Å². The van der Waals surface area contributed by atoms with Gasteiger partial charge in [-0.05, 0) is 35.4 Å². The zero-order valence-electron chi connectivity index (χ0n) is 17.0. The van der Waals surface area contributed by atoms with E-state index in [0.29, 0.717) is 24.1 Å². The molecule has 0 spiro atoms. The number of hydrogen-bond acceptors (Lipinski definition) is 4. The fraction of sp³-hybridized carbons (Fsp3) is 0.200. The molecule has 0 saturated heterocycles. The molecule has 0 aromatic heterocycles. The topological polar surface area (TPSA) is 55.8 Å². The number of nitrogens with zero attached hydrogens (tertiary/aromatic N) is 1. The van der Waals surface area contributed by atoms with Crippen molar-refractivity contribution in [1.82, 2.24) is 4.90 Å². The largest absolute Gasteiger partial charge is 0.496 e. The van der Waals surface area contributed by atoms with E-state index in [1.807, 2.05) is 60.7 Å². The monoisotopic (exact) mass is 401 g/mol. The summed E-state index contributed by atoms with van der Waals surface area (Å²) in [4.78, 5) is 27.1. The summed E-state index contributed by atoms with van der Waals surface area (Å²) in [6, 6.07) is 22.5. The van der Waals surface area contributed by atoms with Gasteiger partial charge in [-0.2, -0.15) is 0 Å². The highest BCUT2D eigenvalue weighted by Crippen LogP contribution is 2.31. The lowest BCUT2D eigenvalue weighted by molar-refractivity contribution is 0.0252. The molecule has 1 aliphatic heterocycles. The van der Waals surface area contributed by atoms with Crippen molar-refractivity contribution in [2.45, 2.75) is 19.1 Å². The van der Waals surface area contributed by atoms with Crippen LogP contribution < -0.4 is 4.74 Å². The van der Waals surface area contributed by atoms with Gasteiger partial charge in [0.1, 0.15) is 11.9 Å². The Morgan fingerprint density at radius 2 is 1.80 bits per heavy atom. The zero-order valence-corrected chi connectivity index (χ0v) is 17.0. The Bertz CT molecular complexity index is 1080. The summed E-state index contributed by atoms with van der Waals surface area (Å²) in [6.07, 6.45) is 0.200. The third-order valence-corrected chi connectivity index (χ3v) is 5.34. The Labute approximate surface area is 175 Å². The van der Waals surface area contributed by atoms with Crippen LogP contribution >= 0.6 is 0 Å². The lowest BCUT2D eigenvalue weighted by Crippen LogP contribution is -2.27. The van der Waals surface area contributed by atoms with Crippen LogP contribution in [0.3, 0.4) is 0 Å². The lowest BCUT2D eigenvalue weighted by Gasteiger charge is -2.26. The molecule has 0 aliphatic carbocycles. The molecule has 1 heterocycles. The van der Waals surface area contributed by atoms with Crippen molar-refractivity contribution in [1.29, 1.82) is 0 Å². The van der Waals surface area contributed by atoms with Gasteiger partial charge in [0, 0.05) is 31.1 Å². The number of ether oxygens (including phenoxy) is 2. The van der Waals surface area contributed by atoms with Crippen molar-refractivity contribution < 1.29 is 19.1 Å². The molecule has 152 valence electrons. The van der Waals surface area contributed by atoms with Crippen LogP contribution in [0.2, 0.25) is 0 Å². The van der Waals surface area contributed by atoms with Gasteiger partial charge >= 0.3 is 5.97 Å². The SMILES string of the molecule is COc1ccccc1CN(C)C(=O)c1ccc2c(c1)C[C@H](c1ccccc1)OC2=O. The van der Waals surface area contributed by atoms with E-state index < -0.39 is 0 Å². The van der Waals surface area contributed by atoms with Crippen molar-refractivity contribution in [3.05, 3.63) is 101 Å². The first kappa shape index (κ1) is 19.7. The molecule has 30 heavy (non-hydrogen) atoms. The fourth-order valence-electron chi connectivity index (χ4n) is 3.76. The first-order valence-corrected chi connectivity index (χ1v) is 9.83. The third kappa shape index (κ3) is 3.92. The van der Waals surface area contributed by atoms with Crippen LogP contribution in [0.4, 0.5) is 0 Å². The zero-order chi connectivity index (χ0) is 21.1. The highest BCUT2D eigenvalue weighted by molar-refractivity contribution is 5.97. The molecular weight excluding hydrogens is 378 g/mol. The fourth-order valence-corrected chi connectivity index (χ4v) is 3.76. The van der Waals surface area contributed by atoms with Crippen molar-refractivity contribution >= 4 is 11.9 Å². The van der Waals surface area contributed by atoms with E-state index in [1.165, 1.54) is 0 Å². The van der Waals surface area contributed by atoms with Gasteiger partial charge in [-0.3, -0.25) is 4.79 Å². The first-order chi connectivity index (χ1) is 14.6. The lowest BCUT2D eigenvalue weighted by atomic mass is 9.93. The minimum atomic E-state index is -0.355. The van der Waals surface area contributed by atoms with Crippen molar-refractivity contribution in [3.8, 4) is 5.75 Å². The van der Waals surface area contributed by atoms with Crippen LogP contribution in [0, 0.1) is 0 Å². The molecule has 4 rings (SSSR count). The minimum absolute atomic E-state index is 0.112. The van der Waals surface area contributed by atoms with Gasteiger partial charge in [0.05, 0.1) is 12.7 Å². The van der Waals surface area contributed by atoms with E-state index in [-0.39, 0.29) is 18.0 Å². The molecular formula is C25H23NO4. The Hall–Kier alpha value is -3.60. The second-order valence-corrected chi connectivity index (χ2v) is 7.35. The summed E-state index contributed by atoms with van der Waals surface area (Å²) in [5, 5.41) is 0. The maximum Gasteiger partial charge on any atom is 0.339 e. The number of hydrogen-bond donors (Lipinski definition) is 0. The number of para-hydroxylation sites is 1. The number of carbonyl (C=O) groups excluding carboxylic acids is 2. The van der Waals surface area contributed by atoms with Gasteiger partial charge in [-0.25, -0.2) is 4.79 Å². The van der Waals surface area contributed by atoms with E-state index in [4.69, 9.17) is 9.47 Å². The number of benzene rings is 3. The molecule has 0 saturated carbocycles. The van der Waals surface area contributed by atoms with Crippen LogP contribution in [-0.2, 0) is 17.7 Å². The molecule has 0 radical (unpaired) electrons. The molecule has 1 atom stereocenters. The highest BCUT2D eigenvalue weighted by Gasteiger charge is 2.28. The average molecular weight is 401 g/mol. The molecule has 1 aliphatic rings. The molecule has 5 nitrogen and oxygen atoms in total. The summed E-state index contributed by atoms with van der Waals surface area (Å²) < 4.78 is 11.0. The van der Waals surface area contributed by atoms with Gasteiger partial charge in [0.25, 0.3) is 5.91 Å². The van der Waals surface area contributed by atoms with Gasteiger partial charge in [0.2, 0.25) is 0 Å². The predicted molar refractivity (Wildman–Crippen MR) is 114 cm³/mol. The third-order valence-electron chi connectivity index (χ3n) is 5.34. The quantitative estimate of drug-likeness (QED) is 0.594. The Morgan fingerprint density at radius 1 is 1.07 bits per heavy atom. The van der Waals surface area contributed by atoms with Gasteiger partial charge in [0.15, 0.2) is 0 Å². The van der Waals surface area contributed by atoms with Crippen LogP contribution in [0.5, 0.6) is 5.75 Å².